The van der Waals surface area contributed by atoms with Gasteiger partial charge in [-0.3, -0.25) is 9.59 Å². The van der Waals surface area contributed by atoms with Gasteiger partial charge in [0.1, 0.15) is 17.1 Å². The van der Waals surface area contributed by atoms with E-state index in [1.807, 2.05) is 6.07 Å². The molecule has 0 unspecified atom stereocenters. The number of hydrogen-bond acceptors (Lipinski definition) is 4. The summed E-state index contributed by atoms with van der Waals surface area (Å²) in [5.74, 6) is 0.192. The van der Waals surface area contributed by atoms with Crippen LogP contribution in [-0.2, 0) is 11.8 Å². The number of halogens is 1. The molecule has 164 valence electrons. The second-order valence-electron chi connectivity index (χ2n) is 8.16. The molecule has 1 N–H and O–H groups in total. The zero-order valence-corrected chi connectivity index (χ0v) is 17.9. The molecule has 0 bridgehead atoms. The van der Waals surface area contributed by atoms with Crippen molar-refractivity contribution < 1.29 is 13.9 Å². The maximum absolute atomic E-state index is 13.8. The number of aromatic amines is 1. The molecule has 0 saturated carbocycles. The standard InChI is InChI=1S/C24H22FN3O4/c1-13-8-15(25)9-14(2)21(13)32-22-18(5-7-28(24(22)30)16-11-31-12-16)19-10-27(3)23(29)20-17(19)4-6-26-20/h4-10,16,26H,11-12H2,1-3H3. The number of ether oxygens (including phenoxy) is 2. The quantitative estimate of drug-likeness (QED) is 0.529. The Morgan fingerprint density at radius 1 is 1.06 bits per heavy atom. The lowest BCUT2D eigenvalue weighted by Gasteiger charge is -2.28. The van der Waals surface area contributed by atoms with Crippen LogP contribution in [0.4, 0.5) is 4.39 Å². The highest BCUT2D eigenvalue weighted by Crippen LogP contribution is 2.37. The average Bonchev–Trinajstić information content (AvgIpc) is 3.19. The van der Waals surface area contributed by atoms with Crippen molar-refractivity contribution in [3.05, 3.63) is 80.5 Å². The van der Waals surface area contributed by atoms with Crippen molar-refractivity contribution in [1.82, 2.24) is 14.1 Å². The number of nitrogens with one attached hydrogen (secondary N) is 1. The van der Waals surface area contributed by atoms with E-state index in [2.05, 4.69) is 4.98 Å². The van der Waals surface area contributed by atoms with Crippen molar-refractivity contribution in [1.29, 1.82) is 0 Å². The van der Waals surface area contributed by atoms with Gasteiger partial charge in [0.05, 0.1) is 19.3 Å². The molecule has 0 amide bonds. The maximum Gasteiger partial charge on any atom is 0.294 e. The molecule has 1 aliphatic rings. The Morgan fingerprint density at radius 3 is 2.44 bits per heavy atom. The van der Waals surface area contributed by atoms with Crippen molar-refractivity contribution in [3.8, 4) is 22.6 Å². The summed E-state index contributed by atoms with van der Waals surface area (Å²) >= 11 is 0. The van der Waals surface area contributed by atoms with Crippen LogP contribution in [0, 0.1) is 19.7 Å². The van der Waals surface area contributed by atoms with Crippen LogP contribution in [0.5, 0.6) is 11.5 Å². The predicted molar refractivity (Wildman–Crippen MR) is 119 cm³/mol. The largest absolute Gasteiger partial charge is 0.450 e. The van der Waals surface area contributed by atoms with Crippen LogP contribution >= 0.6 is 0 Å². The van der Waals surface area contributed by atoms with Gasteiger partial charge in [0.15, 0.2) is 0 Å². The molecule has 32 heavy (non-hydrogen) atoms. The lowest BCUT2D eigenvalue weighted by atomic mass is 10.0. The van der Waals surface area contributed by atoms with Crippen LogP contribution in [0.3, 0.4) is 0 Å². The molecule has 8 heteroatoms. The minimum Gasteiger partial charge on any atom is -0.450 e. The number of aryl methyl sites for hydroxylation is 3. The average molecular weight is 435 g/mol. The fourth-order valence-electron chi connectivity index (χ4n) is 4.16. The molecule has 4 heterocycles. The molecule has 4 aromatic rings. The van der Waals surface area contributed by atoms with Crippen LogP contribution in [0.2, 0.25) is 0 Å². The van der Waals surface area contributed by atoms with Crippen molar-refractivity contribution in [3.63, 3.8) is 0 Å². The summed E-state index contributed by atoms with van der Waals surface area (Å²) in [6.07, 6.45) is 5.12. The Labute approximate surface area is 182 Å². The van der Waals surface area contributed by atoms with Gasteiger partial charge in [-0.2, -0.15) is 0 Å². The molecule has 0 spiro atoms. The molecule has 0 radical (unpaired) electrons. The number of rotatable bonds is 4. The van der Waals surface area contributed by atoms with Crippen molar-refractivity contribution in [2.45, 2.75) is 19.9 Å². The first kappa shape index (κ1) is 20.3. The van der Waals surface area contributed by atoms with E-state index in [0.717, 1.165) is 0 Å². The smallest absolute Gasteiger partial charge is 0.294 e. The highest BCUT2D eigenvalue weighted by molar-refractivity contribution is 5.95. The van der Waals surface area contributed by atoms with Gasteiger partial charge in [-0.1, -0.05) is 0 Å². The van der Waals surface area contributed by atoms with E-state index in [0.29, 0.717) is 52.1 Å². The number of nitrogens with zero attached hydrogens (tertiary/aromatic N) is 2. The SMILES string of the molecule is Cc1cc(F)cc(C)c1Oc1c(-c2cn(C)c(=O)c3[nH]ccc23)ccn(C2COC2)c1=O. The molecule has 1 fully saturated rings. The van der Waals surface area contributed by atoms with E-state index in [9.17, 15) is 14.0 Å². The highest BCUT2D eigenvalue weighted by Gasteiger charge is 2.26. The highest BCUT2D eigenvalue weighted by atomic mass is 19.1. The molecule has 7 nitrogen and oxygen atoms in total. The van der Waals surface area contributed by atoms with Gasteiger partial charge in [0, 0.05) is 42.2 Å². The number of aromatic nitrogens is 3. The fraction of sp³-hybridized carbons (Fsp3) is 0.250. The van der Waals surface area contributed by atoms with E-state index in [4.69, 9.17) is 9.47 Å². The Morgan fingerprint density at radius 2 is 1.78 bits per heavy atom. The van der Waals surface area contributed by atoms with Crippen molar-refractivity contribution in [2.75, 3.05) is 13.2 Å². The molecule has 0 atom stereocenters. The summed E-state index contributed by atoms with van der Waals surface area (Å²) in [5.41, 5.74) is 2.38. The first-order chi connectivity index (χ1) is 15.3. The van der Waals surface area contributed by atoms with Crippen LogP contribution in [0.15, 0.2) is 52.4 Å². The van der Waals surface area contributed by atoms with Crippen LogP contribution in [0.25, 0.3) is 22.0 Å². The summed E-state index contributed by atoms with van der Waals surface area (Å²) < 4.78 is 28.4. The second kappa shape index (κ2) is 7.49. The van der Waals surface area contributed by atoms with Crippen molar-refractivity contribution in [2.24, 2.45) is 7.05 Å². The van der Waals surface area contributed by atoms with Crippen LogP contribution < -0.4 is 15.9 Å². The van der Waals surface area contributed by atoms with E-state index >= 15 is 0 Å². The first-order valence-corrected chi connectivity index (χ1v) is 10.3. The van der Waals surface area contributed by atoms with Gasteiger partial charge >= 0.3 is 0 Å². The normalized spacial score (nSPS) is 14.0. The van der Waals surface area contributed by atoms with Gasteiger partial charge < -0.3 is 23.6 Å². The Kier molecular flexibility index (Phi) is 4.74. The molecule has 1 aromatic carbocycles. The zero-order valence-electron chi connectivity index (χ0n) is 17.9. The maximum atomic E-state index is 13.8. The number of fused-ring (bicyclic) bond motifs is 1. The Bertz CT molecular complexity index is 1450. The van der Waals surface area contributed by atoms with Gasteiger partial charge in [0.25, 0.3) is 11.1 Å². The third-order valence-corrected chi connectivity index (χ3v) is 5.90. The van der Waals surface area contributed by atoms with Crippen molar-refractivity contribution >= 4 is 10.9 Å². The number of H-pyrrole nitrogens is 1. The topological polar surface area (TPSA) is 78.2 Å². The molecular weight excluding hydrogens is 413 g/mol. The Balaban J connectivity index is 1.77. The third kappa shape index (κ3) is 3.15. The number of benzene rings is 1. The molecule has 0 aliphatic carbocycles. The zero-order chi connectivity index (χ0) is 22.6. The molecule has 5 rings (SSSR count). The molecule has 1 saturated heterocycles. The van der Waals surface area contributed by atoms with E-state index < -0.39 is 0 Å². The lowest BCUT2D eigenvalue weighted by molar-refractivity contribution is -0.0250. The number of pyridine rings is 2. The van der Waals surface area contributed by atoms with Gasteiger partial charge in [-0.05, 0) is 49.2 Å². The van der Waals surface area contributed by atoms with E-state index in [1.54, 1.807) is 50.1 Å². The first-order valence-electron chi connectivity index (χ1n) is 10.3. The third-order valence-electron chi connectivity index (χ3n) is 5.90. The van der Waals surface area contributed by atoms with Gasteiger partial charge in [-0.25, -0.2) is 4.39 Å². The summed E-state index contributed by atoms with van der Waals surface area (Å²) in [6.45, 7) is 4.39. The van der Waals surface area contributed by atoms with Crippen LogP contribution in [0.1, 0.15) is 17.2 Å². The molecule has 1 aliphatic heterocycles. The summed E-state index contributed by atoms with van der Waals surface area (Å²) in [7, 11) is 1.66. The second-order valence-corrected chi connectivity index (χ2v) is 8.16. The van der Waals surface area contributed by atoms with E-state index in [1.165, 1.54) is 16.7 Å². The minimum absolute atomic E-state index is 0.0679. The monoisotopic (exact) mass is 435 g/mol. The molecule has 3 aromatic heterocycles. The Hall–Kier alpha value is -3.65. The van der Waals surface area contributed by atoms with E-state index in [-0.39, 0.29) is 28.7 Å². The van der Waals surface area contributed by atoms with Gasteiger partial charge in [0.2, 0.25) is 5.75 Å². The molecular formula is C24H22FN3O4. The summed E-state index contributed by atoms with van der Waals surface area (Å²) in [6, 6.07) is 6.30. The van der Waals surface area contributed by atoms with Crippen LogP contribution in [-0.4, -0.2) is 27.3 Å². The lowest BCUT2D eigenvalue weighted by Crippen LogP contribution is -2.37. The fourth-order valence-corrected chi connectivity index (χ4v) is 4.16. The predicted octanol–water partition coefficient (Wildman–Crippen LogP) is 3.81. The minimum atomic E-state index is -0.364. The summed E-state index contributed by atoms with van der Waals surface area (Å²) in [4.78, 5) is 29.0. The number of hydrogen-bond donors (Lipinski definition) is 1. The summed E-state index contributed by atoms with van der Waals surface area (Å²) in [5, 5.41) is 0.689. The van der Waals surface area contributed by atoms with Gasteiger partial charge in [-0.15, -0.1) is 0 Å².